The second kappa shape index (κ2) is 5.23. The van der Waals surface area contributed by atoms with Crippen molar-refractivity contribution in [3.8, 4) is 0 Å². The van der Waals surface area contributed by atoms with Gasteiger partial charge in [-0.25, -0.2) is 4.39 Å². The zero-order valence-electron chi connectivity index (χ0n) is 10.6. The van der Waals surface area contributed by atoms with Crippen LogP contribution >= 0.6 is 22.9 Å². The highest BCUT2D eigenvalue weighted by Crippen LogP contribution is 2.40. The number of halogens is 2. The molecule has 0 saturated carbocycles. The summed E-state index contributed by atoms with van der Waals surface area (Å²) in [7, 11) is 0. The molecule has 1 aromatic carbocycles. The fourth-order valence-corrected chi connectivity index (χ4v) is 4.08. The summed E-state index contributed by atoms with van der Waals surface area (Å²) < 4.78 is 14.6. The van der Waals surface area contributed by atoms with Crippen LogP contribution in [0.25, 0.3) is 0 Å². The predicted molar refractivity (Wildman–Crippen MR) is 78.3 cm³/mol. The Morgan fingerprint density at radius 2 is 2.21 bits per heavy atom. The molecule has 1 heterocycles. The third kappa shape index (κ3) is 2.55. The van der Waals surface area contributed by atoms with Crippen molar-refractivity contribution in [2.24, 2.45) is 0 Å². The molecule has 1 aliphatic rings. The normalized spacial score (nSPS) is 19.4. The standard InChI is InChI=1S/C15H15ClFNS/c1-9(10-4-2-3-5-12(10)17)18-13-6-7-14-11(13)8-15(16)19-14/h2-5,8-9,13,18H,6-7H2,1H3. The number of benzene rings is 1. The minimum Gasteiger partial charge on any atom is -0.303 e. The van der Waals surface area contributed by atoms with Crippen molar-refractivity contribution in [3.05, 3.63) is 56.5 Å². The van der Waals surface area contributed by atoms with Gasteiger partial charge in [0.25, 0.3) is 0 Å². The second-order valence-electron chi connectivity index (χ2n) is 4.93. The van der Waals surface area contributed by atoms with E-state index in [1.165, 1.54) is 16.5 Å². The second-order valence-corrected chi connectivity index (χ2v) is 6.70. The molecular formula is C15H15ClFNS. The van der Waals surface area contributed by atoms with Crippen LogP contribution in [-0.4, -0.2) is 0 Å². The van der Waals surface area contributed by atoms with Gasteiger partial charge < -0.3 is 5.32 Å². The van der Waals surface area contributed by atoms with E-state index in [0.717, 1.165) is 22.7 Å². The summed E-state index contributed by atoms with van der Waals surface area (Å²) in [6, 6.07) is 9.26. The monoisotopic (exact) mass is 295 g/mol. The minimum absolute atomic E-state index is 0.00387. The Balaban J connectivity index is 1.78. The summed E-state index contributed by atoms with van der Waals surface area (Å²) >= 11 is 7.71. The molecule has 2 atom stereocenters. The average molecular weight is 296 g/mol. The number of fused-ring (bicyclic) bond motifs is 1. The maximum atomic E-state index is 13.8. The van der Waals surface area contributed by atoms with Crippen LogP contribution in [0.1, 0.15) is 41.4 Å². The molecule has 0 spiro atoms. The SMILES string of the molecule is CC(NC1CCc2sc(Cl)cc21)c1ccccc1F. The smallest absolute Gasteiger partial charge is 0.127 e. The van der Waals surface area contributed by atoms with Crippen molar-refractivity contribution >= 4 is 22.9 Å². The molecule has 2 aromatic rings. The molecule has 0 aliphatic heterocycles. The van der Waals surface area contributed by atoms with Crippen molar-refractivity contribution < 1.29 is 4.39 Å². The Labute approximate surface area is 121 Å². The highest BCUT2D eigenvalue weighted by molar-refractivity contribution is 7.16. The van der Waals surface area contributed by atoms with E-state index in [-0.39, 0.29) is 17.9 Å². The van der Waals surface area contributed by atoms with Crippen LogP contribution < -0.4 is 5.32 Å². The van der Waals surface area contributed by atoms with E-state index in [1.54, 1.807) is 17.4 Å². The van der Waals surface area contributed by atoms with Gasteiger partial charge in [-0.15, -0.1) is 11.3 Å². The topological polar surface area (TPSA) is 12.0 Å². The Hall–Kier alpha value is -0.900. The molecule has 0 fully saturated rings. The van der Waals surface area contributed by atoms with Crippen molar-refractivity contribution in [2.75, 3.05) is 0 Å². The van der Waals surface area contributed by atoms with E-state index >= 15 is 0 Å². The summed E-state index contributed by atoms with van der Waals surface area (Å²) in [4.78, 5) is 1.36. The van der Waals surface area contributed by atoms with Crippen LogP contribution in [0.15, 0.2) is 30.3 Å². The largest absolute Gasteiger partial charge is 0.303 e. The van der Waals surface area contributed by atoms with Crippen molar-refractivity contribution in [3.63, 3.8) is 0 Å². The van der Waals surface area contributed by atoms with Gasteiger partial charge in [0.2, 0.25) is 0 Å². The third-order valence-electron chi connectivity index (χ3n) is 3.67. The van der Waals surface area contributed by atoms with Gasteiger partial charge in [-0.3, -0.25) is 0 Å². The highest BCUT2D eigenvalue weighted by atomic mass is 35.5. The lowest BCUT2D eigenvalue weighted by Gasteiger charge is -2.20. The van der Waals surface area contributed by atoms with Gasteiger partial charge in [0.1, 0.15) is 5.82 Å². The lowest BCUT2D eigenvalue weighted by atomic mass is 10.1. The molecule has 0 amide bonds. The molecule has 0 radical (unpaired) electrons. The van der Waals surface area contributed by atoms with Crippen LogP contribution in [0.2, 0.25) is 4.34 Å². The minimum atomic E-state index is -0.149. The van der Waals surface area contributed by atoms with Crippen LogP contribution in [0, 0.1) is 5.82 Å². The molecule has 0 bridgehead atoms. The summed E-state index contributed by atoms with van der Waals surface area (Å²) in [5.74, 6) is -0.149. The molecule has 4 heteroatoms. The molecule has 1 aliphatic carbocycles. The molecule has 2 unspecified atom stereocenters. The first-order valence-electron chi connectivity index (χ1n) is 6.43. The van der Waals surface area contributed by atoms with E-state index in [1.807, 2.05) is 25.1 Å². The Morgan fingerprint density at radius 1 is 1.42 bits per heavy atom. The number of rotatable bonds is 3. The average Bonchev–Trinajstić information content (AvgIpc) is 2.90. The van der Waals surface area contributed by atoms with E-state index in [9.17, 15) is 4.39 Å². The number of hydrogen-bond acceptors (Lipinski definition) is 2. The number of thiophene rings is 1. The van der Waals surface area contributed by atoms with E-state index in [2.05, 4.69) is 5.32 Å². The summed E-state index contributed by atoms with van der Waals surface area (Å²) in [5.41, 5.74) is 2.01. The Bertz CT molecular complexity index is 596. The molecule has 1 N–H and O–H groups in total. The fourth-order valence-electron chi connectivity index (χ4n) is 2.72. The van der Waals surface area contributed by atoms with Crippen LogP contribution in [0.4, 0.5) is 4.39 Å². The van der Waals surface area contributed by atoms with Gasteiger partial charge in [0.15, 0.2) is 0 Å². The quantitative estimate of drug-likeness (QED) is 0.851. The Kier molecular flexibility index (Phi) is 3.61. The van der Waals surface area contributed by atoms with E-state index in [0.29, 0.717) is 0 Å². The number of aryl methyl sites for hydroxylation is 1. The van der Waals surface area contributed by atoms with Gasteiger partial charge in [-0.1, -0.05) is 29.8 Å². The molecule has 3 rings (SSSR count). The van der Waals surface area contributed by atoms with Gasteiger partial charge in [-0.2, -0.15) is 0 Å². The lowest BCUT2D eigenvalue weighted by Crippen LogP contribution is -2.23. The van der Waals surface area contributed by atoms with E-state index in [4.69, 9.17) is 11.6 Å². The zero-order chi connectivity index (χ0) is 13.4. The van der Waals surface area contributed by atoms with Gasteiger partial charge >= 0.3 is 0 Å². The summed E-state index contributed by atoms with van der Waals surface area (Å²) in [5, 5.41) is 3.51. The number of nitrogens with one attached hydrogen (secondary N) is 1. The van der Waals surface area contributed by atoms with Crippen molar-refractivity contribution in [1.29, 1.82) is 0 Å². The number of hydrogen-bond donors (Lipinski definition) is 1. The third-order valence-corrected chi connectivity index (χ3v) is 5.01. The van der Waals surface area contributed by atoms with Gasteiger partial charge in [0, 0.05) is 22.5 Å². The van der Waals surface area contributed by atoms with Crippen LogP contribution in [0.5, 0.6) is 0 Å². The van der Waals surface area contributed by atoms with Gasteiger partial charge in [-0.05, 0) is 37.5 Å². The Morgan fingerprint density at radius 3 is 3.00 bits per heavy atom. The predicted octanol–water partition coefficient (Wildman–Crippen LogP) is 4.88. The molecular weight excluding hydrogens is 281 g/mol. The summed E-state index contributed by atoms with van der Waals surface area (Å²) in [6.45, 7) is 2.00. The van der Waals surface area contributed by atoms with Gasteiger partial charge in [0.05, 0.1) is 4.34 Å². The first-order chi connectivity index (χ1) is 9.15. The van der Waals surface area contributed by atoms with Crippen LogP contribution in [-0.2, 0) is 6.42 Å². The molecule has 1 nitrogen and oxygen atoms in total. The zero-order valence-corrected chi connectivity index (χ0v) is 12.2. The molecule has 19 heavy (non-hydrogen) atoms. The summed E-state index contributed by atoms with van der Waals surface area (Å²) in [6.07, 6.45) is 2.13. The van der Waals surface area contributed by atoms with Crippen molar-refractivity contribution in [1.82, 2.24) is 5.32 Å². The molecule has 1 aromatic heterocycles. The van der Waals surface area contributed by atoms with Crippen molar-refractivity contribution in [2.45, 2.75) is 31.8 Å². The van der Waals surface area contributed by atoms with Crippen LogP contribution in [0.3, 0.4) is 0 Å². The highest BCUT2D eigenvalue weighted by Gasteiger charge is 2.26. The lowest BCUT2D eigenvalue weighted by molar-refractivity contribution is 0.450. The first-order valence-corrected chi connectivity index (χ1v) is 7.63. The first kappa shape index (κ1) is 13.1. The fraction of sp³-hybridized carbons (Fsp3) is 0.333. The molecule has 0 saturated heterocycles. The maximum Gasteiger partial charge on any atom is 0.127 e. The molecule has 100 valence electrons. The maximum absolute atomic E-state index is 13.8. The van der Waals surface area contributed by atoms with E-state index < -0.39 is 0 Å².